The van der Waals surface area contributed by atoms with E-state index in [1.54, 1.807) is 0 Å². The van der Waals surface area contributed by atoms with Gasteiger partial charge in [0.1, 0.15) is 0 Å². The lowest BCUT2D eigenvalue weighted by atomic mass is 10.0. The van der Waals surface area contributed by atoms with Gasteiger partial charge in [-0.05, 0) is 19.3 Å². The predicted octanol–water partition coefficient (Wildman–Crippen LogP) is 6.75. The van der Waals surface area contributed by atoms with Crippen LogP contribution in [0.5, 0.6) is 0 Å². The van der Waals surface area contributed by atoms with Crippen molar-refractivity contribution in [1.82, 2.24) is 0 Å². The van der Waals surface area contributed by atoms with Gasteiger partial charge in [-0.15, -0.1) is 0 Å². The molecule has 1 nitrogen and oxygen atoms in total. The first-order valence-corrected chi connectivity index (χ1v) is 9.46. The van der Waals surface area contributed by atoms with Crippen LogP contribution in [0.3, 0.4) is 0 Å². The van der Waals surface area contributed by atoms with Gasteiger partial charge in [0, 0.05) is 0 Å². The molecule has 1 heterocycles. The fraction of sp³-hybridized carbons (Fsp3) is 0.714. The summed E-state index contributed by atoms with van der Waals surface area (Å²) in [7, 11) is 0. The fourth-order valence-electron chi connectivity index (χ4n) is 2.88. The average molecular weight is 305 g/mol. The molecule has 2 unspecified atom stereocenters. The highest BCUT2D eigenvalue weighted by Crippen LogP contribution is 2.30. The first kappa shape index (κ1) is 19.2. The minimum absolute atomic E-state index is 0.508. The monoisotopic (exact) mass is 304 g/mol. The quantitative estimate of drug-likeness (QED) is 0.141. The van der Waals surface area contributed by atoms with Crippen LogP contribution in [0.25, 0.3) is 0 Å². The molecule has 0 spiro atoms. The van der Waals surface area contributed by atoms with Gasteiger partial charge in [-0.3, -0.25) is 0 Å². The van der Waals surface area contributed by atoms with Crippen LogP contribution in [0, 0.1) is 0 Å². The molecule has 1 aliphatic rings. The van der Waals surface area contributed by atoms with Crippen molar-refractivity contribution >= 4 is 0 Å². The summed E-state index contributed by atoms with van der Waals surface area (Å²) in [5.74, 6) is 0. The lowest BCUT2D eigenvalue weighted by Gasteiger charge is -2.01. The number of rotatable bonds is 15. The molecule has 0 radical (unpaired) electrons. The Morgan fingerprint density at radius 3 is 2.18 bits per heavy atom. The Kier molecular flexibility index (Phi) is 12.1. The van der Waals surface area contributed by atoms with Crippen LogP contribution in [0.1, 0.15) is 84.0 Å². The topological polar surface area (TPSA) is 12.5 Å². The van der Waals surface area contributed by atoms with Crippen molar-refractivity contribution in [3.8, 4) is 0 Å². The SMILES string of the molecule is C=CC=CCC=CCC1OC1CCCCCCCCCCC. The first-order valence-electron chi connectivity index (χ1n) is 9.46. The Morgan fingerprint density at radius 2 is 1.50 bits per heavy atom. The second-order valence-corrected chi connectivity index (χ2v) is 6.44. The van der Waals surface area contributed by atoms with Crippen molar-refractivity contribution in [2.75, 3.05) is 0 Å². The Bertz CT molecular complexity index is 316. The van der Waals surface area contributed by atoms with Gasteiger partial charge in [0.05, 0.1) is 12.2 Å². The van der Waals surface area contributed by atoms with E-state index in [9.17, 15) is 0 Å². The minimum atomic E-state index is 0.508. The first-order chi connectivity index (χ1) is 10.9. The molecule has 126 valence electrons. The van der Waals surface area contributed by atoms with E-state index in [1.165, 1.54) is 64.2 Å². The van der Waals surface area contributed by atoms with Crippen LogP contribution in [0.15, 0.2) is 37.0 Å². The molecule has 0 aromatic carbocycles. The summed E-state index contributed by atoms with van der Waals surface area (Å²) in [6, 6.07) is 0. The molecule has 1 fully saturated rings. The molecule has 1 heteroatoms. The summed E-state index contributed by atoms with van der Waals surface area (Å²) in [5, 5.41) is 0. The third-order valence-electron chi connectivity index (χ3n) is 4.36. The number of hydrogen-bond acceptors (Lipinski definition) is 1. The van der Waals surface area contributed by atoms with Crippen LogP contribution in [-0.4, -0.2) is 12.2 Å². The van der Waals surface area contributed by atoms with Crippen molar-refractivity contribution < 1.29 is 4.74 Å². The second-order valence-electron chi connectivity index (χ2n) is 6.44. The zero-order valence-electron chi connectivity index (χ0n) is 14.6. The van der Waals surface area contributed by atoms with E-state index in [4.69, 9.17) is 4.74 Å². The smallest absolute Gasteiger partial charge is 0.0876 e. The largest absolute Gasteiger partial charge is 0.369 e. The summed E-state index contributed by atoms with van der Waals surface area (Å²) in [5.41, 5.74) is 0. The third kappa shape index (κ3) is 10.8. The van der Waals surface area contributed by atoms with Gasteiger partial charge in [0.2, 0.25) is 0 Å². The summed E-state index contributed by atoms with van der Waals surface area (Å²) < 4.78 is 5.73. The Morgan fingerprint density at radius 1 is 0.818 bits per heavy atom. The lowest BCUT2D eigenvalue weighted by Crippen LogP contribution is -1.93. The molecule has 1 rings (SSSR count). The highest BCUT2D eigenvalue weighted by molar-refractivity contribution is 5.02. The summed E-state index contributed by atoms with van der Waals surface area (Å²) in [6.45, 7) is 5.94. The average Bonchev–Trinajstić information content (AvgIpc) is 3.27. The Labute approximate surface area is 138 Å². The van der Waals surface area contributed by atoms with Crippen molar-refractivity contribution in [3.63, 3.8) is 0 Å². The number of epoxide rings is 1. The Balaban J connectivity index is 1.82. The van der Waals surface area contributed by atoms with Crippen LogP contribution in [0.4, 0.5) is 0 Å². The number of ether oxygens (including phenoxy) is 1. The highest BCUT2D eigenvalue weighted by Gasteiger charge is 2.36. The van der Waals surface area contributed by atoms with E-state index in [-0.39, 0.29) is 0 Å². The van der Waals surface area contributed by atoms with Crippen molar-refractivity contribution in [1.29, 1.82) is 0 Å². The molecule has 1 aliphatic heterocycles. The van der Waals surface area contributed by atoms with Crippen LogP contribution in [0.2, 0.25) is 0 Å². The van der Waals surface area contributed by atoms with Crippen molar-refractivity contribution in [3.05, 3.63) is 37.0 Å². The maximum Gasteiger partial charge on any atom is 0.0876 e. The van der Waals surface area contributed by atoms with E-state index < -0.39 is 0 Å². The molecule has 0 bridgehead atoms. The number of hydrogen-bond donors (Lipinski definition) is 0. The van der Waals surface area contributed by atoms with Crippen molar-refractivity contribution in [2.24, 2.45) is 0 Å². The number of unbranched alkanes of at least 4 members (excludes halogenated alkanes) is 8. The molecule has 0 N–H and O–H groups in total. The molecule has 0 aromatic heterocycles. The maximum absolute atomic E-state index is 5.73. The molecular weight excluding hydrogens is 268 g/mol. The van der Waals surface area contributed by atoms with Gasteiger partial charge in [-0.2, -0.15) is 0 Å². The van der Waals surface area contributed by atoms with Gasteiger partial charge < -0.3 is 4.74 Å². The summed E-state index contributed by atoms with van der Waals surface area (Å²) in [4.78, 5) is 0. The molecule has 2 atom stereocenters. The molecule has 0 amide bonds. The van der Waals surface area contributed by atoms with Crippen LogP contribution < -0.4 is 0 Å². The molecule has 1 saturated heterocycles. The van der Waals surface area contributed by atoms with E-state index in [1.807, 2.05) is 12.2 Å². The molecule has 0 aromatic rings. The van der Waals surface area contributed by atoms with Crippen LogP contribution in [-0.2, 0) is 4.74 Å². The van der Waals surface area contributed by atoms with E-state index in [0.717, 1.165) is 12.8 Å². The Hall–Kier alpha value is -0.820. The van der Waals surface area contributed by atoms with E-state index in [2.05, 4.69) is 31.7 Å². The molecular formula is C21H36O. The van der Waals surface area contributed by atoms with Gasteiger partial charge in [0.25, 0.3) is 0 Å². The fourth-order valence-corrected chi connectivity index (χ4v) is 2.88. The van der Waals surface area contributed by atoms with Gasteiger partial charge in [-0.1, -0.05) is 102 Å². The minimum Gasteiger partial charge on any atom is -0.369 e. The maximum atomic E-state index is 5.73. The molecule has 22 heavy (non-hydrogen) atoms. The summed E-state index contributed by atoms with van der Waals surface area (Å²) >= 11 is 0. The third-order valence-corrected chi connectivity index (χ3v) is 4.36. The van der Waals surface area contributed by atoms with Gasteiger partial charge in [-0.25, -0.2) is 0 Å². The zero-order chi connectivity index (χ0) is 15.9. The van der Waals surface area contributed by atoms with Gasteiger partial charge >= 0.3 is 0 Å². The van der Waals surface area contributed by atoms with E-state index in [0.29, 0.717) is 12.2 Å². The van der Waals surface area contributed by atoms with Crippen molar-refractivity contribution in [2.45, 2.75) is 96.2 Å². The van der Waals surface area contributed by atoms with Gasteiger partial charge in [0.15, 0.2) is 0 Å². The predicted molar refractivity (Wildman–Crippen MR) is 98.2 cm³/mol. The highest BCUT2D eigenvalue weighted by atomic mass is 16.6. The zero-order valence-corrected chi connectivity index (χ0v) is 14.6. The van der Waals surface area contributed by atoms with Crippen LogP contribution >= 0.6 is 0 Å². The standard InChI is InChI=1S/C21H36O/c1-3-5-7-9-11-12-13-15-17-19-21-20(22-21)18-16-14-10-8-6-4-2/h4,6,8,14,16,20-21H,2-3,5,7,9-13,15,17-19H2,1H3. The lowest BCUT2D eigenvalue weighted by molar-refractivity contribution is 0.358. The normalized spacial score (nSPS) is 21.0. The second kappa shape index (κ2) is 13.8. The summed E-state index contributed by atoms with van der Waals surface area (Å²) in [6.07, 6.45) is 27.5. The van der Waals surface area contributed by atoms with E-state index >= 15 is 0 Å². The molecule has 0 saturated carbocycles. The number of allylic oxidation sites excluding steroid dienone is 4. The molecule has 0 aliphatic carbocycles.